The third-order valence-electron chi connectivity index (χ3n) is 11.5. The molecule has 5 atom stereocenters. The molecule has 3 aromatic rings. The number of unbranched alkanes of at least 4 members (excludes halogenated alkanes) is 2. The van der Waals surface area contributed by atoms with Crippen LogP contribution in [0, 0.1) is 23.2 Å². The first-order chi connectivity index (χ1) is 22.7. The van der Waals surface area contributed by atoms with Crippen LogP contribution >= 0.6 is 34.8 Å². The van der Waals surface area contributed by atoms with E-state index in [1.807, 2.05) is 23.1 Å². The Morgan fingerprint density at radius 2 is 1.40 bits per heavy atom. The minimum absolute atomic E-state index is 0.0664. The van der Waals surface area contributed by atoms with Gasteiger partial charge < -0.3 is 0 Å². The summed E-state index contributed by atoms with van der Waals surface area (Å²) in [5, 5.41) is 0.436. The van der Waals surface area contributed by atoms with E-state index in [0.717, 1.165) is 29.3 Å². The van der Waals surface area contributed by atoms with Gasteiger partial charge in [0.25, 0.3) is 0 Å². The molecule has 0 aliphatic carbocycles. The molecule has 1 unspecified atom stereocenters. The van der Waals surface area contributed by atoms with Crippen molar-refractivity contribution >= 4 is 45.9 Å². The number of hydrogen-bond acceptors (Lipinski definition) is 5. The van der Waals surface area contributed by atoms with Crippen LogP contribution in [0.3, 0.4) is 0 Å². The summed E-state index contributed by atoms with van der Waals surface area (Å²) < 4.78 is 9.88. The summed E-state index contributed by atoms with van der Waals surface area (Å²) in [5.74, 6) is 1.89. The van der Waals surface area contributed by atoms with Crippen LogP contribution < -0.4 is 0 Å². The summed E-state index contributed by atoms with van der Waals surface area (Å²) in [6, 6.07) is 7.39. The van der Waals surface area contributed by atoms with Crippen molar-refractivity contribution in [3.8, 4) is 10.4 Å². The Balaban J connectivity index is 2.40. The number of hydrogen-bond donors (Lipinski definition) is 0. The Morgan fingerprint density at radius 3 is 1.90 bits per heavy atom. The predicted octanol–water partition coefficient (Wildman–Crippen LogP) is 15.2. The van der Waals surface area contributed by atoms with Gasteiger partial charge in [0.05, 0.1) is 11.7 Å². The second kappa shape index (κ2) is 18.4. The maximum Gasteiger partial charge on any atom is 0.113 e. The number of allylic oxidation sites excluding steroid dienone is 2. The van der Waals surface area contributed by atoms with Crippen molar-refractivity contribution in [2.45, 2.75) is 170 Å². The van der Waals surface area contributed by atoms with E-state index in [0.29, 0.717) is 11.2 Å². The molecule has 2 nitrogen and oxygen atoms in total. The Labute approximate surface area is 309 Å². The normalized spacial score (nSPS) is 16.8. The van der Waals surface area contributed by atoms with Crippen molar-refractivity contribution in [2.24, 2.45) is 23.2 Å². The van der Waals surface area contributed by atoms with Gasteiger partial charge >= 0.3 is 0 Å². The zero-order valence-electron chi connectivity index (χ0n) is 33.1. The highest BCUT2D eigenvalue weighted by molar-refractivity contribution is 7.98. The first kappa shape index (κ1) is 41.3. The minimum atomic E-state index is 0.0664. The average molecular weight is 711 g/mol. The number of thioether (sulfide) groups is 1. The van der Waals surface area contributed by atoms with E-state index in [2.05, 4.69) is 120 Å². The Bertz CT molecular complexity index is 1400. The molecule has 2 heterocycles. The number of benzene rings is 1. The molecule has 5 heteroatoms. The van der Waals surface area contributed by atoms with Crippen LogP contribution in [0.15, 0.2) is 30.4 Å². The van der Waals surface area contributed by atoms with Crippen molar-refractivity contribution in [2.75, 3.05) is 6.26 Å². The summed E-state index contributed by atoms with van der Waals surface area (Å²) >= 11 is 5.42. The van der Waals surface area contributed by atoms with E-state index in [1.165, 1.54) is 91.9 Å². The number of thiophene rings is 1. The fraction of sp³-hybridized carbons (Fsp3) is 0.721. The molecule has 0 aliphatic heterocycles. The maximum atomic E-state index is 4.97. The molecular formula is C43H70N2S3. The fourth-order valence-electron chi connectivity index (χ4n) is 7.59. The molecule has 0 amide bonds. The number of nitrogens with zero attached hydrogens (tertiary/aromatic N) is 2. The van der Waals surface area contributed by atoms with Crippen molar-refractivity contribution in [1.82, 2.24) is 8.75 Å². The zero-order valence-corrected chi connectivity index (χ0v) is 35.5. The van der Waals surface area contributed by atoms with Crippen LogP contribution in [-0.2, 0) is 10.8 Å². The van der Waals surface area contributed by atoms with E-state index < -0.39 is 0 Å². The van der Waals surface area contributed by atoms with Crippen molar-refractivity contribution < 1.29 is 0 Å². The monoisotopic (exact) mass is 710 g/mol. The topological polar surface area (TPSA) is 25.8 Å². The van der Waals surface area contributed by atoms with Gasteiger partial charge in [-0.15, -0.1) is 11.3 Å². The maximum absolute atomic E-state index is 4.97. The lowest BCUT2D eigenvalue weighted by atomic mass is 9.60. The fourth-order valence-corrected chi connectivity index (χ4v) is 10.2. The highest BCUT2D eigenvalue weighted by Gasteiger charge is 2.43. The van der Waals surface area contributed by atoms with Crippen LogP contribution in [0.25, 0.3) is 21.5 Å². The average Bonchev–Trinajstić information content (AvgIpc) is 3.74. The highest BCUT2D eigenvalue weighted by Crippen LogP contribution is 2.54. The first-order valence-electron chi connectivity index (χ1n) is 19.3. The van der Waals surface area contributed by atoms with Crippen molar-refractivity contribution in [3.05, 3.63) is 46.4 Å². The Morgan fingerprint density at radius 1 is 0.812 bits per heavy atom. The van der Waals surface area contributed by atoms with Gasteiger partial charge in [-0.05, 0) is 78.2 Å². The van der Waals surface area contributed by atoms with Gasteiger partial charge in [-0.25, -0.2) is 0 Å². The standard InChI is InChI=1S/C43H70N2S3/c1-14-19-21-32(16-3)28-43(29-33(17-4)22-20-15-2,30(6)25-26-41(8,9)10)36-27-37(47-40(36)31(7)46-13)34-23-24-35(42(11,12)18-5)39-38(34)44-48-45-39/h23-27,30-33H,14-22,28-29H2,1-13H3/b26-25+/t30-,31-,32-,33+,43?/m0/s1. The summed E-state index contributed by atoms with van der Waals surface area (Å²) in [7, 11) is 0. The quantitative estimate of drug-likeness (QED) is 0.109. The summed E-state index contributed by atoms with van der Waals surface area (Å²) in [6.45, 7) is 28.6. The SMILES string of the molecule is CCCC[C@@H](CC)CC(C[C@@H](CC)CCCC)(c1cc(-c2ccc(C(C)(C)CC)c3nsnc23)sc1[C@H](C)SC)[C@@H](C)/C=C/C(C)(C)C. The van der Waals surface area contributed by atoms with Gasteiger partial charge in [-0.3, -0.25) is 0 Å². The lowest BCUT2D eigenvalue weighted by Gasteiger charge is -2.44. The molecule has 0 N–H and O–H groups in total. The second-order valence-electron chi connectivity index (χ2n) is 16.5. The van der Waals surface area contributed by atoms with Gasteiger partial charge in [-0.2, -0.15) is 20.5 Å². The molecule has 270 valence electrons. The molecule has 3 rings (SSSR count). The summed E-state index contributed by atoms with van der Waals surface area (Å²) in [6.07, 6.45) is 21.4. The van der Waals surface area contributed by atoms with E-state index >= 15 is 0 Å². The summed E-state index contributed by atoms with van der Waals surface area (Å²) in [5.41, 5.74) is 6.71. The van der Waals surface area contributed by atoms with Crippen molar-refractivity contribution in [3.63, 3.8) is 0 Å². The van der Waals surface area contributed by atoms with Crippen LogP contribution in [0.1, 0.15) is 175 Å². The third kappa shape index (κ3) is 9.99. The smallest absolute Gasteiger partial charge is 0.113 e. The number of aromatic nitrogens is 2. The molecule has 0 radical (unpaired) electrons. The van der Waals surface area contributed by atoms with Crippen LogP contribution in [-0.4, -0.2) is 15.0 Å². The van der Waals surface area contributed by atoms with E-state index in [4.69, 9.17) is 8.75 Å². The van der Waals surface area contributed by atoms with Crippen LogP contribution in [0.4, 0.5) is 0 Å². The van der Waals surface area contributed by atoms with Gasteiger partial charge in [0.15, 0.2) is 0 Å². The van der Waals surface area contributed by atoms with Gasteiger partial charge in [0, 0.05) is 26.0 Å². The minimum Gasteiger partial charge on any atom is -0.173 e. The summed E-state index contributed by atoms with van der Waals surface area (Å²) in [4.78, 5) is 2.96. The number of fused-ring (bicyclic) bond motifs is 1. The van der Waals surface area contributed by atoms with E-state index in [1.54, 1.807) is 10.4 Å². The first-order valence-corrected chi connectivity index (χ1v) is 22.2. The van der Waals surface area contributed by atoms with E-state index in [-0.39, 0.29) is 16.2 Å². The van der Waals surface area contributed by atoms with Crippen LogP contribution in [0.5, 0.6) is 0 Å². The predicted molar refractivity (Wildman–Crippen MR) is 221 cm³/mol. The molecule has 0 fully saturated rings. The van der Waals surface area contributed by atoms with Crippen LogP contribution in [0.2, 0.25) is 0 Å². The molecule has 2 aromatic heterocycles. The highest BCUT2D eigenvalue weighted by atomic mass is 32.2. The molecular weight excluding hydrogens is 641 g/mol. The van der Waals surface area contributed by atoms with Crippen molar-refractivity contribution in [1.29, 1.82) is 0 Å². The van der Waals surface area contributed by atoms with Gasteiger partial charge in [0.1, 0.15) is 11.0 Å². The molecule has 0 bridgehead atoms. The Kier molecular flexibility index (Phi) is 15.8. The molecule has 0 spiro atoms. The zero-order chi connectivity index (χ0) is 35.7. The molecule has 48 heavy (non-hydrogen) atoms. The molecule has 0 aliphatic rings. The molecule has 0 saturated heterocycles. The lowest BCUT2D eigenvalue weighted by molar-refractivity contribution is 0.184. The van der Waals surface area contributed by atoms with Gasteiger partial charge in [-0.1, -0.05) is 152 Å². The largest absolute Gasteiger partial charge is 0.173 e. The molecule has 0 saturated carbocycles. The molecule has 1 aromatic carbocycles. The third-order valence-corrected chi connectivity index (χ3v) is 14.4. The van der Waals surface area contributed by atoms with Gasteiger partial charge in [0.2, 0.25) is 0 Å². The Hall–Kier alpha value is -1.17. The van der Waals surface area contributed by atoms with E-state index in [9.17, 15) is 0 Å². The lowest BCUT2D eigenvalue weighted by Crippen LogP contribution is -2.38. The number of rotatable bonds is 20. The second-order valence-corrected chi connectivity index (χ2v) is 19.3.